The van der Waals surface area contributed by atoms with Gasteiger partial charge < -0.3 is 5.11 Å². The summed E-state index contributed by atoms with van der Waals surface area (Å²) in [5.74, 6) is -2.43. The summed E-state index contributed by atoms with van der Waals surface area (Å²) in [6.45, 7) is 3.50. The number of rotatable bonds is 4. The fourth-order valence-corrected chi connectivity index (χ4v) is 1.29. The van der Waals surface area contributed by atoms with Gasteiger partial charge in [0.05, 0.1) is 0 Å². The van der Waals surface area contributed by atoms with E-state index in [9.17, 15) is 14.0 Å². The molecule has 4 heteroatoms. The molecule has 1 saturated carbocycles. The third-order valence-corrected chi connectivity index (χ3v) is 2.44. The van der Waals surface area contributed by atoms with Crippen LogP contribution in [0.2, 0.25) is 0 Å². The van der Waals surface area contributed by atoms with E-state index >= 15 is 0 Å². The number of carbonyl (C=O) groups is 2. The van der Waals surface area contributed by atoms with Gasteiger partial charge in [-0.15, -0.1) is 0 Å². The van der Waals surface area contributed by atoms with Crippen LogP contribution in [-0.4, -0.2) is 22.5 Å². The van der Waals surface area contributed by atoms with Crippen molar-refractivity contribution in [3.8, 4) is 0 Å². The Morgan fingerprint density at radius 2 is 2.23 bits per heavy atom. The van der Waals surface area contributed by atoms with Crippen LogP contribution in [0.3, 0.4) is 0 Å². The molecule has 1 aliphatic carbocycles. The second-order valence-electron chi connectivity index (χ2n) is 3.30. The maximum atomic E-state index is 13.5. The lowest BCUT2D eigenvalue weighted by atomic mass is 9.74. The number of carbonyl (C=O) groups excluding carboxylic acids is 1. The van der Waals surface area contributed by atoms with E-state index in [0.717, 1.165) is 0 Å². The van der Waals surface area contributed by atoms with E-state index in [0.29, 0.717) is 18.4 Å². The van der Waals surface area contributed by atoms with Crippen LogP contribution in [0.15, 0.2) is 12.2 Å². The molecule has 1 fully saturated rings. The van der Waals surface area contributed by atoms with Gasteiger partial charge in [-0.05, 0) is 24.8 Å². The summed E-state index contributed by atoms with van der Waals surface area (Å²) < 4.78 is 13.5. The first-order valence-corrected chi connectivity index (χ1v) is 4.09. The summed E-state index contributed by atoms with van der Waals surface area (Å²) in [5.41, 5.74) is -1.00. The van der Waals surface area contributed by atoms with Crippen molar-refractivity contribution < 1.29 is 19.1 Å². The molecular formula is C9H11FO3. The highest BCUT2D eigenvalue weighted by Gasteiger charge is 2.41. The summed E-state index contributed by atoms with van der Waals surface area (Å²) in [5, 5.41) is 8.24. The van der Waals surface area contributed by atoms with Crippen LogP contribution in [0.5, 0.6) is 0 Å². The molecule has 0 saturated heterocycles. The Morgan fingerprint density at radius 1 is 1.62 bits per heavy atom. The molecule has 72 valence electrons. The Morgan fingerprint density at radius 3 is 2.54 bits per heavy atom. The first kappa shape index (κ1) is 9.89. The summed E-state index contributed by atoms with van der Waals surface area (Å²) in [4.78, 5) is 20.7. The number of hydrogen-bond acceptors (Lipinski definition) is 2. The smallest absolute Gasteiger partial charge is 0.372 e. The third-order valence-electron chi connectivity index (χ3n) is 2.44. The van der Waals surface area contributed by atoms with Crippen LogP contribution < -0.4 is 0 Å². The van der Waals surface area contributed by atoms with E-state index in [1.54, 1.807) is 0 Å². The minimum atomic E-state index is -1.49. The molecule has 3 nitrogen and oxygen atoms in total. The molecule has 0 heterocycles. The van der Waals surface area contributed by atoms with Crippen molar-refractivity contribution in [2.24, 2.45) is 0 Å². The Bertz CT molecular complexity index is 272. The number of allylic oxidation sites excluding steroid dienone is 1. The number of alkyl halides is 1. The van der Waals surface area contributed by atoms with Crippen molar-refractivity contribution in [1.82, 2.24) is 0 Å². The minimum absolute atomic E-state index is 0.0447. The van der Waals surface area contributed by atoms with Gasteiger partial charge in [-0.3, -0.25) is 4.79 Å². The molecule has 0 aliphatic heterocycles. The van der Waals surface area contributed by atoms with Gasteiger partial charge in [-0.1, -0.05) is 6.58 Å². The van der Waals surface area contributed by atoms with E-state index in [4.69, 9.17) is 5.11 Å². The summed E-state index contributed by atoms with van der Waals surface area (Å²) in [7, 11) is 0. The van der Waals surface area contributed by atoms with Crippen molar-refractivity contribution in [2.45, 2.75) is 31.4 Å². The maximum absolute atomic E-state index is 13.5. The number of aliphatic carboxylic acids is 1. The molecule has 0 radical (unpaired) electrons. The highest BCUT2D eigenvalue weighted by Crippen LogP contribution is 2.43. The van der Waals surface area contributed by atoms with Crippen molar-refractivity contribution in [2.75, 3.05) is 0 Å². The van der Waals surface area contributed by atoms with E-state index < -0.39 is 17.4 Å². The van der Waals surface area contributed by atoms with Crippen LogP contribution in [0, 0.1) is 0 Å². The zero-order valence-electron chi connectivity index (χ0n) is 7.18. The van der Waals surface area contributed by atoms with Gasteiger partial charge in [-0.2, -0.15) is 0 Å². The molecule has 0 bridgehead atoms. The van der Waals surface area contributed by atoms with E-state index in [2.05, 4.69) is 6.58 Å². The summed E-state index contributed by atoms with van der Waals surface area (Å²) in [6.07, 6.45) is 0.707. The van der Waals surface area contributed by atoms with Crippen molar-refractivity contribution in [1.29, 1.82) is 0 Å². The average Bonchev–Trinajstić information content (AvgIpc) is 2.10. The molecule has 1 atom stereocenters. The average molecular weight is 186 g/mol. The monoisotopic (exact) mass is 186 g/mol. The maximum Gasteiger partial charge on any atom is 0.372 e. The second kappa shape index (κ2) is 3.28. The molecule has 0 aromatic heterocycles. The first-order valence-electron chi connectivity index (χ1n) is 4.09. The number of ketones is 1. The van der Waals surface area contributed by atoms with Crippen LogP contribution in [0.1, 0.15) is 25.7 Å². The Hall–Kier alpha value is -1.19. The molecule has 1 N–H and O–H groups in total. The molecule has 1 rings (SSSR count). The SMILES string of the molecule is C=C1CCC1(F)CCC(=O)C(=O)O. The lowest BCUT2D eigenvalue weighted by Crippen LogP contribution is -2.35. The van der Waals surface area contributed by atoms with E-state index in [-0.39, 0.29) is 12.8 Å². The Labute approximate surface area is 75.2 Å². The van der Waals surface area contributed by atoms with Gasteiger partial charge in [0.15, 0.2) is 0 Å². The molecule has 0 spiro atoms. The molecule has 13 heavy (non-hydrogen) atoms. The number of carboxylic acid groups (broad SMARTS) is 1. The van der Waals surface area contributed by atoms with Crippen molar-refractivity contribution in [3.05, 3.63) is 12.2 Å². The number of Topliss-reactive ketones (excluding diaryl/α,β-unsaturated/α-hetero) is 1. The van der Waals surface area contributed by atoms with Gasteiger partial charge in [-0.25, -0.2) is 9.18 Å². The molecule has 1 unspecified atom stereocenters. The quantitative estimate of drug-likeness (QED) is 0.534. The van der Waals surface area contributed by atoms with E-state index in [1.165, 1.54) is 0 Å². The second-order valence-corrected chi connectivity index (χ2v) is 3.30. The van der Waals surface area contributed by atoms with Crippen LogP contribution in [-0.2, 0) is 9.59 Å². The van der Waals surface area contributed by atoms with Crippen molar-refractivity contribution in [3.63, 3.8) is 0 Å². The normalized spacial score (nSPS) is 26.7. The Kier molecular flexibility index (Phi) is 2.50. The van der Waals surface area contributed by atoms with Gasteiger partial charge in [0.1, 0.15) is 5.67 Å². The highest BCUT2D eigenvalue weighted by atomic mass is 19.1. The van der Waals surface area contributed by atoms with Crippen LogP contribution >= 0.6 is 0 Å². The third kappa shape index (κ3) is 1.94. The predicted molar refractivity (Wildman–Crippen MR) is 44.1 cm³/mol. The van der Waals surface area contributed by atoms with Gasteiger partial charge in [0.25, 0.3) is 0 Å². The van der Waals surface area contributed by atoms with Crippen molar-refractivity contribution >= 4 is 11.8 Å². The van der Waals surface area contributed by atoms with Gasteiger partial charge in [0.2, 0.25) is 5.78 Å². The van der Waals surface area contributed by atoms with Crippen LogP contribution in [0.4, 0.5) is 4.39 Å². The summed E-state index contributed by atoms with van der Waals surface area (Å²) in [6, 6.07) is 0. The zero-order chi connectivity index (χ0) is 10.1. The lowest BCUT2D eigenvalue weighted by molar-refractivity contribution is -0.149. The molecular weight excluding hydrogens is 175 g/mol. The van der Waals surface area contributed by atoms with Crippen LogP contribution in [0.25, 0.3) is 0 Å². The molecule has 0 aromatic rings. The zero-order valence-corrected chi connectivity index (χ0v) is 7.18. The fourth-order valence-electron chi connectivity index (χ4n) is 1.29. The van der Waals surface area contributed by atoms with Gasteiger partial charge in [0, 0.05) is 6.42 Å². The number of hydrogen-bond donors (Lipinski definition) is 1. The molecule has 0 amide bonds. The standard InChI is InChI=1S/C9H11FO3/c1-6-2-4-9(6,10)5-3-7(11)8(12)13/h1-5H2,(H,12,13). The van der Waals surface area contributed by atoms with E-state index in [1.807, 2.05) is 0 Å². The highest BCUT2D eigenvalue weighted by molar-refractivity contribution is 6.32. The number of carboxylic acids is 1. The Balaban J connectivity index is 2.38. The van der Waals surface area contributed by atoms with Gasteiger partial charge >= 0.3 is 5.97 Å². The summed E-state index contributed by atoms with van der Waals surface area (Å²) >= 11 is 0. The minimum Gasteiger partial charge on any atom is -0.476 e. The molecule has 1 aliphatic rings. The lowest BCUT2D eigenvalue weighted by Gasteiger charge is -2.36. The first-order chi connectivity index (χ1) is 5.96. The number of halogens is 1. The topological polar surface area (TPSA) is 54.4 Å². The largest absolute Gasteiger partial charge is 0.476 e. The molecule has 0 aromatic carbocycles. The fraction of sp³-hybridized carbons (Fsp3) is 0.556. The predicted octanol–water partition coefficient (Wildman–Crippen LogP) is 1.48.